The molecule has 0 unspecified atom stereocenters. The zero-order valence-corrected chi connectivity index (χ0v) is 10.7. The Morgan fingerprint density at radius 1 is 1.53 bits per heavy atom. The van der Waals surface area contributed by atoms with Gasteiger partial charge in [-0.2, -0.15) is 0 Å². The maximum atomic E-state index is 11.7. The Balaban J connectivity index is 2.02. The Kier molecular flexibility index (Phi) is 2.64. The van der Waals surface area contributed by atoms with Gasteiger partial charge in [0.25, 0.3) is 0 Å². The third kappa shape index (κ3) is 2.78. The first-order chi connectivity index (χ1) is 7.81. The van der Waals surface area contributed by atoms with E-state index in [0.29, 0.717) is 0 Å². The minimum absolute atomic E-state index is 0.375. The minimum atomic E-state index is -0.486. The van der Waals surface area contributed by atoms with Gasteiger partial charge in [-0.3, -0.25) is 0 Å². The van der Waals surface area contributed by atoms with Gasteiger partial charge in [0.1, 0.15) is 17.1 Å². The van der Waals surface area contributed by atoms with Crippen LogP contribution in [0.4, 0.5) is 4.79 Å². The van der Waals surface area contributed by atoms with Crippen molar-refractivity contribution in [1.29, 1.82) is 0 Å². The van der Waals surface area contributed by atoms with Crippen molar-refractivity contribution in [2.45, 2.75) is 51.7 Å². The van der Waals surface area contributed by atoms with E-state index in [9.17, 15) is 4.79 Å². The lowest BCUT2D eigenvalue weighted by molar-refractivity contribution is 0.0493. The molecule has 2 rings (SSSR count). The van der Waals surface area contributed by atoms with Crippen LogP contribution in [0.2, 0.25) is 0 Å². The molecule has 5 heteroatoms. The van der Waals surface area contributed by atoms with Crippen molar-refractivity contribution in [3.8, 4) is 0 Å². The van der Waals surface area contributed by atoms with E-state index in [1.54, 1.807) is 0 Å². The van der Waals surface area contributed by atoms with Crippen molar-refractivity contribution in [3.05, 3.63) is 17.5 Å². The van der Waals surface area contributed by atoms with Crippen LogP contribution in [0.5, 0.6) is 0 Å². The van der Waals surface area contributed by atoms with Crippen LogP contribution in [-0.2, 0) is 10.3 Å². The van der Waals surface area contributed by atoms with Crippen molar-refractivity contribution in [3.63, 3.8) is 0 Å². The molecule has 1 amide bonds. The fourth-order valence-corrected chi connectivity index (χ4v) is 1.66. The Morgan fingerprint density at radius 2 is 2.18 bits per heavy atom. The van der Waals surface area contributed by atoms with Crippen molar-refractivity contribution in [2.75, 3.05) is 0 Å². The van der Waals surface area contributed by atoms with E-state index in [-0.39, 0.29) is 5.54 Å². The van der Waals surface area contributed by atoms with Crippen molar-refractivity contribution in [2.24, 2.45) is 0 Å². The number of nitrogens with one attached hydrogen (secondary N) is 1. The summed E-state index contributed by atoms with van der Waals surface area (Å²) in [6.45, 7) is 7.35. The highest BCUT2D eigenvalue weighted by molar-refractivity contribution is 5.69. The molecule has 1 aromatic rings. The molecular formula is C12H18N2O3. The standard InChI is InChI=1S/C12H18N2O3/c1-8-7-9(14-17-8)12(5-6-12)13-10(15)16-11(2,3)4/h7H,5-6H2,1-4H3,(H,13,15). The largest absolute Gasteiger partial charge is 0.444 e. The van der Waals surface area contributed by atoms with E-state index in [4.69, 9.17) is 9.26 Å². The minimum Gasteiger partial charge on any atom is -0.444 e. The number of hydrogen-bond acceptors (Lipinski definition) is 4. The van der Waals surface area contributed by atoms with Crippen LogP contribution in [0.25, 0.3) is 0 Å². The highest BCUT2D eigenvalue weighted by Crippen LogP contribution is 2.45. The van der Waals surface area contributed by atoms with Gasteiger partial charge in [0.05, 0.1) is 5.54 Å². The number of aromatic nitrogens is 1. The summed E-state index contributed by atoms with van der Waals surface area (Å²) in [6, 6.07) is 1.85. The van der Waals surface area contributed by atoms with Crippen molar-refractivity contribution in [1.82, 2.24) is 10.5 Å². The molecule has 0 bridgehead atoms. The molecule has 1 aromatic heterocycles. The molecule has 94 valence electrons. The molecule has 0 aromatic carbocycles. The Morgan fingerprint density at radius 3 is 2.59 bits per heavy atom. The molecule has 5 nitrogen and oxygen atoms in total. The van der Waals surface area contributed by atoms with Crippen LogP contribution >= 0.6 is 0 Å². The molecule has 1 fully saturated rings. The molecule has 1 aliphatic carbocycles. The maximum Gasteiger partial charge on any atom is 0.408 e. The van der Waals surface area contributed by atoms with E-state index in [0.717, 1.165) is 24.3 Å². The number of nitrogens with zero attached hydrogens (tertiary/aromatic N) is 1. The third-order valence-corrected chi connectivity index (χ3v) is 2.61. The zero-order chi connectivity index (χ0) is 12.7. The molecule has 0 spiro atoms. The Labute approximate surface area is 101 Å². The molecule has 1 aliphatic rings. The summed E-state index contributed by atoms with van der Waals surface area (Å²) >= 11 is 0. The summed E-state index contributed by atoms with van der Waals surface area (Å²) in [4.78, 5) is 11.7. The van der Waals surface area contributed by atoms with Gasteiger partial charge in [-0.15, -0.1) is 0 Å². The maximum absolute atomic E-state index is 11.7. The van der Waals surface area contributed by atoms with Gasteiger partial charge in [0, 0.05) is 6.07 Å². The molecule has 1 heterocycles. The van der Waals surface area contributed by atoms with Gasteiger partial charge < -0.3 is 14.6 Å². The smallest absolute Gasteiger partial charge is 0.408 e. The van der Waals surface area contributed by atoms with Crippen LogP contribution in [0.1, 0.15) is 45.1 Å². The number of carbonyl (C=O) groups excluding carboxylic acids is 1. The Bertz CT molecular complexity index is 427. The Hall–Kier alpha value is -1.52. The molecule has 1 saturated carbocycles. The molecule has 1 N–H and O–H groups in total. The number of hydrogen-bond donors (Lipinski definition) is 1. The average molecular weight is 238 g/mol. The molecule has 17 heavy (non-hydrogen) atoms. The summed E-state index contributed by atoms with van der Waals surface area (Å²) in [7, 11) is 0. The third-order valence-electron chi connectivity index (χ3n) is 2.61. The van der Waals surface area contributed by atoms with Crippen molar-refractivity contribution >= 4 is 6.09 Å². The number of aryl methyl sites for hydroxylation is 1. The lowest BCUT2D eigenvalue weighted by Gasteiger charge is -2.22. The highest BCUT2D eigenvalue weighted by atomic mass is 16.6. The fraction of sp³-hybridized carbons (Fsp3) is 0.667. The van der Waals surface area contributed by atoms with Gasteiger partial charge in [-0.1, -0.05) is 5.16 Å². The predicted molar refractivity (Wildman–Crippen MR) is 61.5 cm³/mol. The van der Waals surface area contributed by atoms with Gasteiger partial charge >= 0.3 is 6.09 Å². The van der Waals surface area contributed by atoms with Crippen LogP contribution in [-0.4, -0.2) is 16.9 Å². The summed E-state index contributed by atoms with van der Waals surface area (Å²) in [5, 5.41) is 6.82. The van der Waals surface area contributed by atoms with Gasteiger partial charge in [0.2, 0.25) is 0 Å². The lowest BCUT2D eigenvalue weighted by Crippen LogP contribution is -2.39. The van der Waals surface area contributed by atoms with Crippen LogP contribution in [0, 0.1) is 6.92 Å². The first-order valence-electron chi connectivity index (χ1n) is 5.76. The van der Waals surface area contributed by atoms with E-state index in [2.05, 4.69) is 10.5 Å². The highest BCUT2D eigenvalue weighted by Gasteiger charge is 2.49. The topological polar surface area (TPSA) is 64.4 Å². The summed E-state index contributed by atoms with van der Waals surface area (Å²) in [5.41, 5.74) is -0.0825. The second-order valence-electron chi connectivity index (χ2n) is 5.53. The van der Waals surface area contributed by atoms with Crippen molar-refractivity contribution < 1.29 is 14.1 Å². The van der Waals surface area contributed by atoms with E-state index in [1.807, 2.05) is 33.8 Å². The van der Waals surface area contributed by atoms with E-state index >= 15 is 0 Å². The molecule has 0 atom stereocenters. The number of alkyl carbamates (subject to hydrolysis) is 1. The fourth-order valence-electron chi connectivity index (χ4n) is 1.66. The summed E-state index contributed by atoms with van der Waals surface area (Å²) in [5.74, 6) is 0.747. The summed E-state index contributed by atoms with van der Waals surface area (Å²) < 4.78 is 10.3. The zero-order valence-electron chi connectivity index (χ0n) is 10.7. The van der Waals surface area contributed by atoms with Gasteiger partial charge in [0.15, 0.2) is 0 Å². The quantitative estimate of drug-likeness (QED) is 0.859. The predicted octanol–water partition coefficient (Wildman–Crippen LogP) is 2.50. The normalized spacial score (nSPS) is 17.6. The first kappa shape index (κ1) is 12.0. The molecule has 0 radical (unpaired) electrons. The van der Waals surface area contributed by atoms with Crippen LogP contribution in [0.15, 0.2) is 10.6 Å². The van der Waals surface area contributed by atoms with E-state index in [1.165, 1.54) is 0 Å². The average Bonchev–Trinajstić information content (AvgIpc) is 2.77. The number of carbonyl (C=O) groups is 1. The number of rotatable bonds is 2. The van der Waals surface area contributed by atoms with E-state index < -0.39 is 11.7 Å². The van der Waals surface area contributed by atoms with Gasteiger partial charge in [-0.25, -0.2) is 4.79 Å². The monoisotopic (exact) mass is 238 g/mol. The van der Waals surface area contributed by atoms with Crippen LogP contribution in [0.3, 0.4) is 0 Å². The second-order valence-corrected chi connectivity index (χ2v) is 5.53. The molecular weight excluding hydrogens is 220 g/mol. The molecule has 0 aliphatic heterocycles. The summed E-state index contributed by atoms with van der Waals surface area (Å²) in [6.07, 6.45) is 1.34. The van der Waals surface area contributed by atoms with Gasteiger partial charge in [-0.05, 0) is 40.5 Å². The second kappa shape index (κ2) is 3.75. The molecule has 0 saturated heterocycles. The lowest BCUT2D eigenvalue weighted by atomic mass is 10.1. The van der Waals surface area contributed by atoms with Crippen LogP contribution < -0.4 is 5.32 Å². The SMILES string of the molecule is Cc1cc(C2(NC(=O)OC(C)(C)C)CC2)no1. The first-order valence-corrected chi connectivity index (χ1v) is 5.76. The number of amides is 1. The number of ether oxygens (including phenoxy) is 1.